The van der Waals surface area contributed by atoms with Crippen molar-refractivity contribution in [3.63, 3.8) is 0 Å². The van der Waals surface area contributed by atoms with Gasteiger partial charge in [0.2, 0.25) is 0 Å². The fourth-order valence-corrected chi connectivity index (χ4v) is 2.57. The van der Waals surface area contributed by atoms with E-state index in [4.69, 9.17) is 9.72 Å². The Morgan fingerprint density at radius 2 is 2.00 bits per heavy atom. The lowest BCUT2D eigenvalue weighted by molar-refractivity contribution is 0.194. The molecule has 4 nitrogen and oxygen atoms in total. The van der Waals surface area contributed by atoms with Gasteiger partial charge in [0.05, 0.1) is 5.69 Å². The molecule has 0 fully saturated rings. The standard InChI is InChI=1S/C17H19N3O/c1-13-7-3-4-9-15(13)20-16(10-6-12-21-2)19-14-8-5-11-18-17(14)20/h3-5,7-9,11H,6,10,12H2,1-2H3. The van der Waals surface area contributed by atoms with E-state index in [1.807, 2.05) is 18.3 Å². The van der Waals surface area contributed by atoms with Gasteiger partial charge in [0.25, 0.3) is 0 Å². The molecule has 0 radical (unpaired) electrons. The van der Waals surface area contributed by atoms with E-state index in [0.29, 0.717) is 0 Å². The van der Waals surface area contributed by atoms with Crippen LogP contribution in [-0.2, 0) is 11.2 Å². The Bertz CT molecular complexity index is 749. The summed E-state index contributed by atoms with van der Waals surface area (Å²) in [5.74, 6) is 1.04. The zero-order chi connectivity index (χ0) is 14.7. The van der Waals surface area contributed by atoms with E-state index >= 15 is 0 Å². The van der Waals surface area contributed by atoms with Gasteiger partial charge >= 0.3 is 0 Å². The van der Waals surface area contributed by atoms with E-state index in [0.717, 1.165) is 42.1 Å². The molecule has 3 rings (SSSR count). The number of aryl methyl sites for hydroxylation is 2. The summed E-state index contributed by atoms with van der Waals surface area (Å²) in [7, 11) is 1.73. The van der Waals surface area contributed by atoms with Crippen LogP contribution in [0.25, 0.3) is 16.9 Å². The number of ether oxygens (including phenoxy) is 1. The molecule has 0 aliphatic rings. The van der Waals surface area contributed by atoms with Gasteiger partial charge < -0.3 is 4.74 Å². The van der Waals surface area contributed by atoms with E-state index in [2.05, 4.69) is 40.7 Å². The molecule has 21 heavy (non-hydrogen) atoms. The van der Waals surface area contributed by atoms with Crippen molar-refractivity contribution < 1.29 is 4.74 Å². The molecule has 0 bridgehead atoms. The van der Waals surface area contributed by atoms with E-state index in [1.54, 1.807) is 7.11 Å². The van der Waals surface area contributed by atoms with E-state index < -0.39 is 0 Å². The Morgan fingerprint density at radius 1 is 1.14 bits per heavy atom. The minimum absolute atomic E-state index is 0.740. The summed E-state index contributed by atoms with van der Waals surface area (Å²) in [6.07, 6.45) is 3.64. The van der Waals surface area contributed by atoms with Gasteiger partial charge in [0, 0.05) is 26.3 Å². The van der Waals surface area contributed by atoms with Crippen molar-refractivity contribution in [2.75, 3.05) is 13.7 Å². The van der Waals surface area contributed by atoms with Crippen LogP contribution in [0.5, 0.6) is 0 Å². The molecule has 2 heterocycles. The summed E-state index contributed by atoms with van der Waals surface area (Å²) in [4.78, 5) is 9.26. The van der Waals surface area contributed by atoms with Crippen LogP contribution in [0.15, 0.2) is 42.6 Å². The molecule has 3 aromatic rings. The van der Waals surface area contributed by atoms with Crippen LogP contribution in [0, 0.1) is 6.92 Å². The zero-order valence-corrected chi connectivity index (χ0v) is 12.4. The van der Waals surface area contributed by atoms with E-state index in [9.17, 15) is 0 Å². The molecule has 0 N–H and O–H groups in total. The number of benzene rings is 1. The molecule has 2 aromatic heterocycles. The lowest BCUT2D eigenvalue weighted by atomic mass is 10.2. The second-order valence-corrected chi connectivity index (χ2v) is 5.09. The summed E-state index contributed by atoms with van der Waals surface area (Å²) in [5, 5.41) is 0. The minimum Gasteiger partial charge on any atom is -0.385 e. The number of hydrogen-bond donors (Lipinski definition) is 0. The molecule has 0 saturated heterocycles. The fraction of sp³-hybridized carbons (Fsp3) is 0.294. The molecule has 0 aliphatic carbocycles. The number of para-hydroxylation sites is 1. The van der Waals surface area contributed by atoms with Gasteiger partial charge in [0.15, 0.2) is 5.65 Å². The van der Waals surface area contributed by atoms with Crippen molar-refractivity contribution in [2.45, 2.75) is 19.8 Å². The molecule has 0 amide bonds. The van der Waals surface area contributed by atoms with Gasteiger partial charge in [-0.05, 0) is 37.1 Å². The first-order valence-corrected chi connectivity index (χ1v) is 7.18. The van der Waals surface area contributed by atoms with Crippen molar-refractivity contribution in [3.8, 4) is 5.69 Å². The van der Waals surface area contributed by atoms with Crippen LogP contribution < -0.4 is 0 Å². The Hall–Kier alpha value is -2.20. The smallest absolute Gasteiger partial charge is 0.164 e. The molecule has 4 heteroatoms. The monoisotopic (exact) mass is 281 g/mol. The quantitative estimate of drug-likeness (QED) is 0.674. The predicted molar refractivity (Wildman–Crippen MR) is 83.8 cm³/mol. The molecule has 0 unspecified atom stereocenters. The number of imidazole rings is 1. The number of hydrogen-bond acceptors (Lipinski definition) is 3. The molecule has 0 spiro atoms. The fourth-order valence-electron chi connectivity index (χ4n) is 2.57. The molecule has 108 valence electrons. The van der Waals surface area contributed by atoms with Crippen LogP contribution in [0.3, 0.4) is 0 Å². The summed E-state index contributed by atoms with van der Waals surface area (Å²) in [6, 6.07) is 12.3. The van der Waals surface area contributed by atoms with E-state index in [1.165, 1.54) is 5.56 Å². The molecule has 0 saturated carbocycles. The van der Waals surface area contributed by atoms with E-state index in [-0.39, 0.29) is 0 Å². The lowest BCUT2D eigenvalue weighted by Crippen LogP contribution is -2.05. The minimum atomic E-state index is 0.740. The van der Waals surface area contributed by atoms with Gasteiger partial charge in [-0.15, -0.1) is 0 Å². The Labute approximate surface area is 124 Å². The Kier molecular flexibility index (Phi) is 3.97. The maximum atomic E-state index is 5.15. The number of methoxy groups -OCH3 is 1. The first kappa shape index (κ1) is 13.8. The van der Waals surface area contributed by atoms with Gasteiger partial charge in [0.1, 0.15) is 11.3 Å². The molecular formula is C17H19N3O. The van der Waals surface area contributed by atoms with Gasteiger partial charge in [-0.25, -0.2) is 9.97 Å². The highest BCUT2D eigenvalue weighted by Crippen LogP contribution is 2.23. The van der Waals surface area contributed by atoms with Crippen molar-refractivity contribution in [2.24, 2.45) is 0 Å². The third-order valence-electron chi connectivity index (χ3n) is 3.59. The van der Waals surface area contributed by atoms with Gasteiger partial charge in [-0.1, -0.05) is 18.2 Å². The number of rotatable bonds is 5. The second-order valence-electron chi connectivity index (χ2n) is 5.09. The van der Waals surface area contributed by atoms with Gasteiger partial charge in [-0.2, -0.15) is 0 Å². The third kappa shape index (κ3) is 2.67. The Balaban J connectivity index is 2.14. The maximum absolute atomic E-state index is 5.15. The highest BCUT2D eigenvalue weighted by molar-refractivity contribution is 5.74. The Morgan fingerprint density at radius 3 is 2.81 bits per heavy atom. The number of fused-ring (bicyclic) bond motifs is 1. The highest BCUT2D eigenvalue weighted by atomic mass is 16.5. The molecular weight excluding hydrogens is 262 g/mol. The average Bonchev–Trinajstić information content (AvgIpc) is 2.86. The van der Waals surface area contributed by atoms with Crippen molar-refractivity contribution in [1.82, 2.24) is 14.5 Å². The van der Waals surface area contributed by atoms with Crippen molar-refractivity contribution >= 4 is 11.2 Å². The lowest BCUT2D eigenvalue weighted by Gasteiger charge is -2.11. The molecule has 1 aromatic carbocycles. The number of pyridine rings is 1. The zero-order valence-electron chi connectivity index (χ0n) is 12.4. The van der Waals surface area contributed by atoms with Crippen LogP contribution >= 0.6 is 0 Å². The summed E-state index contributed by atoms with van der Waals surface area (Å²) in [6.45, 7) is 2.85. The van der Waals surface area contributed by atoms with Crippen LogP contribution in [-0.4, -0.2) is 28.3 Å². The predicted octanol–water partition coefficient (Wildman–Crippen LogP) is 3.31. The largest absolute Gasteiger partial charge is 0.385 e. The first-order valence-electron chi connectivity index (χ1n) is 7.18. The maximum Gasteiger partial charge on any atom is 0.164 e. The average molecular weight is 281 g/mol. The third-order valence-corrected chi connectivity index (χ3v) is 3.59. The first-order chi connectivity index (χ1) is 10.3. The molecule has 0 aliphatic heterocycles. The highest BCUT2D eigenvalue weighted by Gasteiger charge is 2.14. The summed E-state index contributed by atoms with van der Waals surface area (Å²) >= 11 is 0. The number of aromatic nitrogens is 3. The summed E-state index contributed by atoms with van der Waals surface area (Å²) < 4.78 is 7.32. The topological polar surface area (TPSA) is 39.9 Å². The molecule has 0 atom stereocenters. The van der Waals surface area contributed by atoms with Crippen molar-refractivity contribution in [3.05, 3.63) is 54.0 Å². The van der Waals surface area contributed by atoms with Crippen LogP contribution in [0.1, 0.15) is 17.8 Å². The normalized spacial score (nSPS) is 11.1. The van der Waals surface area contributed by atoms with Crippen LogP contribution in [0.4, 0.5) is 0 Å². The second kappa shape index (κ2) is 6.06. The van der Waals surface area contributed by atoms with Crippen molar-refractivity contribution in [1.29, 1.82) is 0 Å². The SMILES string of the molecule is COCCCc1nc2cccnc2n1-c1ccccc1C. The van der Waals surface area contributed by atoms with Crippen LogP contribution in [0.2, 0.25) is 0 Å². The number of nitrogens with zero attached hydrogens (tertiary/aromatic N) is 3. The summed E-state index contributed by atoms with van der Waals surface area (Å²) in [5.41, 5.74) is 4.22. The van der Waals surface area contributed by atoms with Gasteiger partial charge in [-0.3, -0.25) is 4.57 Å².